The second kappa shape index (κ2) is 12.2. The van der Waals surface area contributed by atoms with Crippen molar-refractivity contribution in [3.05, 3.63) is 93.8 Å². The number of carbonyl (C=O) groups is 3. The Hall–Kier alpha value is -3.47. The maximum absolute atomic E-state index is 13.0. The highest BCUT2D eigenvalue weighted by molar-refractivity contribution is 9.10. The van der Waals surface area contributed by atoms with Gasteiger partial charge in [-0.3, -0.25) is 9.59 Å². The number of thioether (sulfide) groups is 1. The first-order valence-corrected chi connectivity index (χ1v) is 13.8. The second-order valence-electron chi connectivity index (χ2n) is 7.88. The Bertz CT molecular complexity index is 1440. The lowest BCUT2D eigenvalue weighted by atomic mass is 10.1. The molecule has 0 saturated carbocycles. The van der Waals surface area contributed by atoms with Crippen molar-refractivity contribution in [2.75, 3.05) is 10.6 Å². The number of hydrogen-bond donors (Lipinski definition) is 3. The Morgan fingerprint density at radius 2 is 1.73 bits per heavy atom. The summed E-state index contributed by atoms with van der Waals surface area (Å²) < 4.78 is 0.983. The average Bonchev–Trinajstić information content (AvgIpc) is 3.36. The van der Waals surface area contributed by atoms with Gasteiger partial charge in [0.1, 0.15) is 0 Å². The van der Waals surface area contributed by atoms with Crippen LogP contribution in [0.15, 0.2) is 87.5 Å². The topological polar surface area (TPSA) is 108 Å². The molecule has 188 valence electrons. The summed E-state index contributed by atoms with van der Waals surface area (Å²) in [5, 5.41) is 17.1. The lowest BCUT2D eigenvalue weighted by molar-refractivity contribution is -0.115. The molecule has 1 aromatic heterocycles. The molecule has 0 aliphatic rings. The monoisotopic (exact) mass is 595 g/mol. The summed E-state index contributed by atoms with van der Waals surface area (Å²) in [4.78, 5) is 42.5. The van der Waals surface area contributed by atoms with Crippen LogP contribution in [-0.2, 0) is 4.79 Å². The number of carboxylic acids is 1. The van der Waals surface area contributed by atoms with Crippen molar-refractivity contribution >= 4 is 67.6 Å². The number of thiazole rings is 1. The lowest BCUT2D eigenvalue weighted by Crippen LogP contribution is -2.24. The number of nitrogens with zero attached hydrogens (tertiary/aromatic N) is 1. The van der Waals surface area contributed by atoms with E-state index in [0.717, 1.165) is 20.6 Å². The van der Waals surface area contributed by atoms with Crippen molar-refractivity contribution in [3.63, 3.8) is 0 Å². The predicted octanol–water partition coefficient (Wildman–Crippen LogP) is 7.03. The minimum atomic E-state index is -1.17. The molecule has 3 aromatic carbocycles. The molecule has 1 heterocycles. The fourth-order valence-corrected chi connectivity index (χ4v) is 5.47. The number of aromatic nitrogens is 1. The molecule has 1 unspecified atom stereocenters. The largest absolute Gasteiger partial charge is 0.478 e. The van der Waals surface area contributed by atoms with Crippen molar-refractivity contribution in [1.82, 2.24) is 4.98 Å². The van der Waals surface area contributed by atoms with Crippen LogP contribution in [0.1, 0.15) is 34.1 Å². The van der Waals surface area contributed by atoms with E-state index in [-0.39, 0.29) is 22.3 Å². The molecule has 3 N–H and O–H groups in total. The van der Waals surface area contributed by atoms with E-state index >= 15 is 0 Å². The number of halogens is 1. The van der Waals surface area contributed by atoms with Gasteiger partial charge in [-0.25, -0.2) is 9.78 Å². The van der Waals surface area contributed by atoms with Gasteiger partial charge in [-0.15, -0.1) is 23.1 Å². The van der Waals surface area contributed by atoms with Crippen LogP contribution in [0.4, 0.5) is 10.8 Å². The van der Waals surface area contributed by atoms with E-state index in [1.807, 2.05) is 42.6 Å². The van der Waals surface area contributed by atoms with Gasteiger partial charge in [0.2, 0.25) is 5.91 Å². The molecule has 1 atom stereocenters. The number of rotatable bonds is 9. The van der Waals surface area contributed by atoms with Gasteiger partial charge in [0.15, 0.2) is 5.13 Å². The molecular weight excluding hydrogens is 574 g/mol. The fraction of sp³-hybridized carbons (Fsp3) is 0.111. The van der Waals surface area contributed by atoms with Crippen molar-refractivity contribution < 1.29 is 19.5 Å². The highest BCUT2D eigenvalue weighted by atomic mass is 79.9. The maximum Gasteiger partial charge on any atom is 0.336 e. The number of carboxylic acid groups (broad SMARTS) is 1. The molecule has 2 amide bonds. The van der Waals surface area contributed by atoms with E-state index < -0.39 is 11.9 Å². The van der Waals surface area contributed by atoms with Crippen LogP contribution in [0.25, 0.3) is 11.3 Å². The molecule has 7 nitrogen and oxygen atoms in total. The molecule has 0 spiro atoms. The zero-order chi connectivity index (χ0) is 26.4. The Labute approximate surface area is 230 Å². The number of nitrogens with one attached hydrogen (secondary N) is 2. The molecule has 0 bridgehead atoms. The Kier molecular flexibility index (Phi) is 8.75. The number of amides is 2. The summed E-state index contributed by atoms with van der Waals surface area (Å²) >= 11 is 6.17. The SMILES string of the molecule is CCC(Sc1cccc(NC(=O)c2ccccc2C(=O)O)c1)C(=O)Nc1nc(-c2ccc(Br)cc2)cs1. The number of aromatic carboxylic acids is 1. The van der Waals surface area contributed by atoms with Crippen LogP contribution in [0.2, 0.25) is 0 Å². The third-order valence-electron chi connectivity index (χ3n) is 5.31. The van der Waals surface area contributed by atoms with Crippen LogP contribution in [-0.4, -0.2) is 33.1 Å². The molecule has 4 rings (SSSR count). The Balaban J connectivity index is 1.41. The molecule has 0 aliphatic carbocycles. The van der Waals surface area contributed by atoms with Crippen molar-refractivity contribution in [3.8, 4) is 11.3 Å². The minimum absolute atomic E-state index is 0.0706. The van der Waals surface area contributed by atoms with E-state index in [9.17, 15) is 19.5 Å². The lowest BCUT2D eigenvalue weighted by Gasteiger charge is -2.14. The van der Waals surface area contributed by atoms with Crippen LogP contribution < -0.4 is 10.6 Å². The van der Waals surface area contributed by atoms with E-state index in [2.05, 4.69) is 31.5 Å². The molecule has 4 aromatic rings. The van der Waals surface area contributed by atoms with E-state index in [1.54, 1.807) is 30.3 Å². The number of benzene rings is 3. The number of anilines is 2. The van der Waals surface area contributed by atoms with Crippen molar-refractivity contribution in [1.29, 1.82) is 0 Å². The fourth-order valence-electron chi connectivity index (χ4n) is 3.47. The van der Waals surface area contributed by atoms with E-state index in [0.29, 0.717) is 17.2 Å². The second-order valence-corrected chi connectivity index (χ2v) is 10.9. The summed E-state index contributed by atoms with van der Waals surface area (Å²) in [7, 11) is 0. The van der Waals surface area contributed by atoms with Crippen molar-refractivity contribution in [2.24, 2.45) is 0 Å². The molecule has 0 aliphatic heterocycles. The summed E-state index contributed by atoms with van der Waals surface area (Å²) in [5.74, 6) is -1.85. The van der Waals surface area contributed by atoms with E-state index in [4.69, 9.17) is 0 Å². The number of carbonyl (C=O) groups excluding carboxylic acids is 2. The van der Waals surface area contributed by atoms with Gasteiger partial charge in [0.25, 0.3) is 5.91 Å². The predicted molar refractivity (Wildman–Crippen MR) is 152 cm³/mol. The third kappa shape index (κ3) is 6.85. The van der Waals surface area contributed by atoms with Gasteiger partial charge < -0.3 is 15.7 Å². The zero-order valence-corrected chi connectivity index (χ0v) is 22.8. The molecule has 0 fully saturated rings. The smallest absolute Gasteiger partial charge is 0.336 e. The first kappa shape index (κ1) is 26.6. The van der Waals surface area contributed by atoms with Gasteiger partial charge in [0.05, 0.1) is 22.1 Å². The standard InChI is InChI=1S/C27H22BrN3O4S2/c1-2-23(25(33)31-27-30-22(15-36-27)16-10-12-17(28)13-11-16)37-19-7-5-6-18(14-19)29-24(32)20-8-3-4-9-21(20)26(34)35/h3-15,23H,2H2,1H3,(H,29,32)(H,34,35)(H,30,31,33). The van der Waals surface area contributed by atoms with Gasteiger partial charge in [-0.05, 0) is 48.9 Å². The van der Waals surface area contributed by atoms with Gasteiger partial charge >= 0.3 is 5.97 Å². The molecule has 0 radical (unpaired) electrons. The quantitative estimate of drug-likeness (QED) is 0.179. The highest BCUT2D eigenvalue weighted by Gasteiger charge is 2.20. The van der Waals surface area contributed by atoms with Crippen LogP contribution in [0.3, 0.4) is 0 Å². The zero-order valence-electron chi connectivity index (χ0n) is 19.6. The normalized spacial score (nSPS) is 11.5. The average molecular weight is 597 g/mol. The Morgan fingerprint density at radius 1 is 1.00 bits per heavy atom. The summed E-state index contributed by atoms with van der Waals surface area (Å²) in [6.45, 7) is 1.93. The first-order chi connectivity index (χ1) is 17.8. The third-order valence-corrected chi connectivity index (χ3v) is 7.95. The summed E-state index contributed by atoms with van der Waals surface area (Å²) in [6, 6.07) is 21.0. The molecule has 0 saturated heterocycles. The van der Waals surface area contributed by atoms with Crippen molar-refractivity contribution in [2.45, 2.75) is 23.5 Å². The Morgan fingerprint density at radius 3 is 2.43 bits per heavy atom. The van der Waals surface area contributed by atoms with Gasteiger partial charge in [-0.1, -0.05) is 53.2 Å². The maximum atomic E-state index is 13.0. The molecule has 10 heteroatoms. The van der Waals surface area contributed by atoms with Gasteiger partial charge in [0, 0.05) is 26.0 Å². The molecular formula is C27H22BrN3O4S2. The van der Waals surface area contributed by atoms with Crippen LogP contribution in [0, 0.1) is 0 Å². The van der Waals surface area contributed by atoms with E-state index in [1.165, 1.54) is 35.2 Å². The first-order valence-electron chi connectivity index (χ1n) is 11.3. The molecule has 37 heavy (non-hydrogen) atoms. The highest BCUT2D eigenvalue weighted by Crippen LogP contribution is 2.30. The summed E-state index contributed by atoms with van der Waals surface area (Å²) in [6.07, 6.45) is 0.587. The summed E-state index contributed by atoms with van der Waals surface area (Å²) in [5.41, 5.74) is 2.26. The van der Waals surface area contributed by atoms with Crippen LogP contribution in [0.5, 0.6) is 0 Å². The minimum Gasteiger partial charge on any atom is -0.478 e. The number of hydrogen-bond acceptors (Lipinski definition) is 6. The van der Waals surface area contributed by atoms with Crippen LogP contribution >= 0.6 is 39.0 Å². The van der Waals surface area contributed by atoms with Gasteiger partial charge in [-0.2, -0.15) is 0 Å².